The molecule has 0 spiro atoms. The zero-order chi connectivity index (χ0) is 26.6. The maximum Gasteiger partial charge on any atom is 0.355 e. The van der Waals surface area contributed by atoms with Crippen molar-refractivity contribution in [3.8, 4) is 11.8 Å². The number of hydrogen-bond donors (Lipinski definition) is 1. The molecule has 0 aliphatic carbocycles. The fourth-order valence-corrected chi connectivity index (χ4v) is 4.16. The van der Waals surface area contributed by atoms with Crippen LogP contribution >= 0.6 is 11.6 Å². The van der Waals surface area contributed by atoms with Crippen LogP contribution in [0.4, 0.5) is 5.69 Å². The van der Waals surface area contributed by atoms with Crippen LogP contribution in [0.3, 0.4) is 0 Å². The van der Waals surface area contributed by atoms with Crippen molar-refractivity contribution in [2.75, 3.05) is 33.3 Å². The monoisotopic (exact) mass is 511 g/mol. The number of benzene rings is 2. The van der Waals surface area contributed by atoms with Gasteiger partial charge in [-0.1, -0.05) is 41.9 Å². The van der Waals surface area contributed by atoms with Crippen LogP contribution in [0.25, 0.3) is 0 Å². The summed E-state index contributed by atoms with van der Waals surface area (Å²) in [5, 5.41) is 10.1. The number of carbonyl (C=O) groups excluding carboxylic acids is 3. The predicted octanol–water partition coefficient (Wildman–Crippen LogP) is 3.03. The van der Waals surface area contributed by atoms with Crippen molar-refractivity contribution in [2.24, 2.45) is 5.73 Å². The van der Waals surface area contributed by atoms with Crippen LogP contribution in [0.5, 0.6) is 5.75 Å². The van der Waals surface area contributed by atoms with Gasteiger partial charge in [0.05, 0.1) is 62.8 Å². The first-order chi connectivity index (χ1) is 17.2. The lowest BCUT2D eigenvalue weighted by Gasteiger charge is -2.36. The van der Waals surface area contributed by atoms with E-state index in [1.807, 2.05) is 6.07 Å². The fraction of sp³-hybridized carbons (Fsp3) is 0.200. The number of halogens is 1. The zero-order valence-electron chi connectivity index (χ0n) is 19.8. The van der Waals surface area contributed by atoms with E-state index >= 15 is 0 Å². The highest BCUT2D eigenvalue weighted by Gasteiger charge is 2.43. The molecule has 1 heterocycles. The van der Waals surface area contributed by atoms with Crippen molar-refractivity contribution in [1.82, 2.24) is 0 Å². The van der Waals surface area contributed by atoms with Crippen molar-refractivity contribution in [2.45, 2.75) is 5.92 Å². The molecule has 2 N–H and O–H groups in total. The van der Waals surface area contributed by atoms with Crippen LogP contribution in [-0.2, 0) is 23.8 Å². The Hall–Kier alpha value is -4.49. The molecule has 36 heavy (non-hydrogen) atoms. The molecular formula is C25H22ClN3O7. The predicted molar refractivity (Wildman–Crippen MR) is 129 cm³/mol. The average molecular weight is 512 g/mol. The highest BCUT2D eigenvalue weighted by molar-refractivity contribution is 6.35. The summed E-state index contributed by atoms with van der Waals surface area (Å²) in [7, 11) is 4.76. The van der Waals surface area contributed by atoms with Gasteiger partial charge in [0.2, 0.25) is 0 Å². The number of allylic oxidation sites excluding steroid dienone is 1. The van der Waals surface area contributed by atoms with Crippen LogP contribution in [0.15, 0.2) is 65.1 Å². The van der Waals surface area contributed by atoms with Crippen molar-refractivity contribution in [3.05, 3.63) is 81.3 Å². The molecule has 186 valence electrons. The molecule has 1 aliphatic rings. The molecule has 1 aliphatic heterocycles. The SMILES string of the molecule is COC(=O)C1=C(C(=O)OC)N(c2cc(C(=O)OC)cc(OC)c2Cl)C(N)=C(C#N)C1c1ccccc1. The number of anilines is 1. The number of methoxy groups -OCH3 is 4. The van der Waals surface area contributed by atoms with E-state index in [4.69, 9.17) is 36.3 Å². The standard InChI is InChI=1S/C25H22ClN3O7/c1-33-17-11-14(23(30)34-2)10-16(20(17)26)29-21(25(32)36-4)19(24(31)35-3)18(15(12-27)22(29)28)13-8-6-5-7-9-13/h5-11,18H,28H2,1-4H3. The molecule has 0 amide bonds. The summed E-state index contributed by atoms with van der Waals surface area (Å²) in [6, 6.07) is 13.2. The first-order valence-corrected chi connectivity index (χ1v) is 10.7. The Labute approximate surface area is 212 Å². The quantitative estimate of drug-likeness (QED) is 0.454. The number of carbonyl (C=O) groups is 3. The highest BCUT2D eigenvalue weighted by atomic mass is 35.5. The third-order valence-corrected chi connectivity index (χ3v) is 5.89. The van der Waals surface area contributed by atoms with Gasteiger partial charge < -0.3 is 24.7 Å². The molecule has 0 aromatic heterocycles. The Kier molecular flexibility index (Phi) is 7.86. The fourth-order valence-electron chi connectivity index (χ4n) is 3.89. The van der Waals surface area contributed by atoms with Crippen molar-refractivity contribution in [3.63, 3.8) is 0 Å². The van der Waals surface area contributed by atoms with Gasteiger partial charge in [0.15, 0.2) is 0 Å². The van der Waals surface area contributed by atoms with E-state index in [-0.39, 0.29) is 44.7 Å². The van der Waals surface area contributed by atoms with Gasteiger partial charge in [-0.25, -0.2) is 14.4 Å². The summed E-state index contributed by atoms with van der Waals surface area (Å²) in [5.41, 5.74) is 6.34. The Morgan fingerprint density at radius 3 is 2.11 bits per heavy atom. The number of nitriles is 1. The van der Waals surface area contributed by atoms with E-state index in [2.05, 4.69) is 0 Å². The van der Waals surface area contributed by atoms with Crippen molar-refractivity contribution in [1.29, 1.82) is 5.26 Å². The summed E-state index contributed by atoms with van der Waals surface area (Å²) < 4.78 is 20.1. The number of rotatable bonds is 6. The Bertz CT molecular complexity index is 1330. The van der Waals surface area contributed by atoms with Crippen LogP contribution in [0, 0.1) is 11.3 Å². The summed E-state index contributed by atoms with van der Waals surface area (Å²) >= 11 is 6.58. The number of esters is 3. The van der Waals surface area contributed by atoms with E-state index < -0.39 is 23.8 Å². The van der Waals surface area contributed by atoms with Crippen molar-refractivity contribution < 1.29 is 33.3 Å². The number of nitrogens with two attached hydrogens (primary N) is 1. The maximum absolute atomic E-state index is 13.2. The second-order valence-corrected chi connectivity index (χ2v) is 7.72. The van der Waals surface area contributed by atoms with Gasteiger partial charge in [-0.3, -0.25) is 4.90 Å². The Morgan fingerprint density at radius 2 is 1.58 bits per heavy atom. The lowest BCUT2D eigenvalue weighted by atomic mass is 9.81. The number of hydrogen-bond acceptors (Lipinski definition) is 10. The molecule has 0 fully saturated rings. The molecule has 3 rings (SSSR count). The number of ether oxygens (including phenoxy) is 4. The van der Waals surface area contributed by atoms with Gasteiger partial charge in [-0.15, -0.1) is 0 Å². The summed E-state index contributed by atoms with van der Waals surface area (Å²) in [5.74, 6) is -3.82. The minimum Gasteiger partial charge on any atom is -0.495 e. The molecule has 0 radical (unpaired) electrons. The molecule has 1 atom stereocenters. The highest BCUT2D eigenvalue weighted by Crippen LogP contribution is 2.46. The molecule has 0 bridgehead atoms. The van der Waals surface area contributed by atoms with Gasteiger partial charge >= 0.3 is 17.9 Å². The van der Waals surface area contributed by atoms with Gasteiger partial charge in [0, 0.05) is 0 Å². The third-order valence-electron chi connectivity index (χ3n) is 5.51. The molecular weight excluding hydrogens is 490 g/mol. The first-order valence-electron chi connectivity index (χ1n) is 10.4. The molecule has 0 saturated carbocycles. The molecule has 2 aromatic carbocycles. The normalized spacial score (nSPS) is 15.2. The Morgan fingerprint density at radius 1 is 0.972 bits per heavy atom. The van der Waals surface area contributed by atoms with Gasteiger partial charge in [0.25, 0.3) is 0 Å². The van der Waals surface area contributed by atoms with Gasteiger partial charge in [0.1, 0.15) is 22.3 Å². The largest absolute Gasteiger partial charge is 0.495 e. The molecule has 1 unspecified atom stereocenters. The van der Waals surface area contributed by atoms with Crippen LogP contribution in [-0.4, -0.2) is 46.3 Å². The molecule has 2 aromatic rings. The van der Waals surface area contributed by atoms with Crippen molar-refractivity contribution >= 4 is 35.2 Å². The van der Waals surface area contributed by atoms with Crippen LogP contribution < -0.4 is 15.4 Å². The zero-order valence-corrected chi connectivity index (χ0v) is 20.6. The van der Waals surface area contributed by atoms with Crippen LogP contribution in [0.1, 0.15) is 21.8 Å². The third kappa shape index (κ3) is 4.44. The molecule has 0 saturated heterocycles. The maximum atomic E-state index is 13.2. The second kappa shape index (κ2) is 10.8. The van der Waals surface area contributed by atoms with E-state index in [0.29, 0.717) is 5.56 Å². The molecule has 11 heteroatoms. The summed E-state index contributed by atoms with van der Waals surface area (Å²) in [6.07, 6.45) is 0. The minimum absolute atomic E-state index is 0.00840. The Balaban J connectivity index is 2.49. The lowest BCUT2D eigenvalue weighted by molar-refractivity contribution is -0.139. The van der Waals surface area contributed by atoms with Crippen LogP contribution in [0.2, 0.25) is 5.02 Å². The van der Waals surface area contributed by atoms with E-state index in [1.165, 1.54) is 26.4 Å². The lowest BCUT2D eigenvalue weighted by Crippen LogP contribution is -2.41. The van der Waals surface area contributed by atoms with Gasteiger partial charge in [-0.05, 0) is 17.7 Å². The number of nitrogens with zero attached hydrogens (tertiary/aromatic N) is 2. The van der Waals surface area contributed by atoms with E-state index in [9.17, 15) is 19.6 Å². The average Bonchev–Trinajstić information content (AvgIpc) is 2.91. The second-order valence-electron chi connectivity index (χ2n) is 7.34. The summed E-state index contributed by atoms with van der Waals surface area (Å²) in [4.78, 5) is 39.7. The van der Waals surface area contributed by atoms with Gasteiger partial charge in [-0.2, -0.15) is 5.26 Å². The first kappa shape index (κ1) is 26.1. The van der Waals surface area contributed by atoms with E-state index in [0.717, 1.165) is 19.1 Å². The molecule has 10 nitrogen and oxygen atoms in total. The van der Waals surface area contributed by atoms with E-state index in [1.54, 1.807) is 30.3 Å². The topological polar surface area (TPSA) is 141 Å². The smallest absolute Gasteiger partial charge is 0.355 e. The minimum atomic E-state index is -1.06. The summed E-state index contributed by atoms with van der Waals surface area (Å²) in [6.45, 7) is 0.